The zero-order valence-electron chi connectivity index (χ0n) is 11.0. The Morgan fingerprint density at radius 1 is 1.16 bits per heavy atom. The van der Waals surface area contributed by atoms with E-state index in [-0.39, 0.29) is 0 Å². The van der Waals surface area contributed by atoms with Gasteiger partial charge in [0.05, 0.1) is 0 Å². The molecular weight excluding hydrogens is 260 g/mol. The van der Waals surface area contributed by atoms with Crippen molar-refractivity contribution in [2.24, 2.45) is 5.92 Å². The predicted octanol–water partition coefficient (Wildman–Crippen LogP) is 2.79. The van der Waals surface area contributed by atoms with Gasteiger partial charge in [0.15, 0.2) is 0 Å². The zero-order valence-corrected chi connectivity index (χ0v) is 11.8. The third-order valence-corrected chi connectivity index (χ3v) is 4.45. The molecule has 102 valence electrons. The van der Waals surface area contributed by atoms with Gasteiger partial charge in [0, 0.05) is 42.8 Å². The quantitative estimate of drug-likeness (QED) is 0.831. The SMILES string of the molecule is O=C(C1CCC1)N1CCN(c2cccc(Cl)c2)CC1. The van der Waals surface area contributed by atoms with Crippen LogP contribution >= 0.6 is 11.6 Å². The average molecular weight is 279 g/mol. The van der Waals surface area contributed by atoms with Crippen LogP contribution in [0.25, 0.3) is 0 Å². The smallest absolute Gasteiger partial charge is 0.225 e. The van der Waals surface area contributed by atoms with E-state index in [9.17, 15) is 4.79 Å². The first-order valence-corrected chi connectivity index (χ1v) is 7.41. The average Bonchev–Trinajstić information content (AvgIpc) is 2.37. The molecule has 0 unspecified atom stereocenters. The first-order valence-electron chi connectivity index (χ1n) is 7.03. The minimum absolute atomic E-state index is 0.317. The summed E-state index contributed by atoms with van der Waals surface area (Å²) in [6, 6.07) is 7.94. The topological polar surface area (TPSA) is 23.6 Å². The summed E-state index contributed by atoms with van der Waals surface area (Å²) in [6.07, 6.45) is 3.40. The number of carbonyl (C=O) groups excluding carboxylic acids is 1. The number of hydrogen-bond acceptors (Lipinski definition) is 2. The highest BCUT2D eigenvalue weighted by Crippen LogP contribution is 2.29. The molecule has 1 saturated carbocycles. The molecule has 1 aliphatic heterocycles. The van der Waals surface area contributed by atoms with Crippen molar-refractivity contribution >= 4 is 23.2 Å². The lowest BCUT2D eigenvalue weighted by molar-refractivity contribution is -0.138. The molecule has 3 nitrogen and oxygen atoms in total. The molecule has 2 fully saturated rings. The third kappa shape index (κ3) is 2.71. The van der Waals surface area contributed by atoms with Gasteiger partial charge in [-0.05, 0) is 31.0 Å². The van der Waals surface area contributed by atoms with Crippen LogP contribution in [0.15, 0.2) is 24.3 Å². The van der Waals surface area contributed by atoms with Crippen LogP contribution in [0.5, 0.6) is 0 Å². The number of hydrogen-bond donors (Lipinski definition) is 0. The third-order valence-electron chi connectivity index (χ3n) is 4.22. The van der Waals surface area contributed by atoms with Crippen molar-refractivity contribution in [2.45, 2.75) is 19.3 Å². The molecule has 2 aliphatic rings. The Balaban J connectivity index is 1.58. The van der Waals surface area contributed by atoms with Gasteiger partial charge in [-0.2, -0.15) is 0 Å². The van der Waals surface area contributed by atoms with Crippen molar-refractivity contribution in [1.29, 1.82) is 0 Å². The van der Waals surface area contributed by atoms with E-state index in [4.69, 9.17) is 11.6 Å². The lowest BCUT2D eigenvalue weighted by atomic mass is 9.84. The molecular formula is C15H19ClN2O. The van der Waals surface area contributed by atoms with Crippen LogP contribution in [0.2, 0.25) is 5.02 Å². The second-order valence-electron chi connectivity index (χ2n) is 5.42. The minimum atomic E-state index is 0.317. The molecule has 19 heavy (non-hydrogen) atoms. The van der Waals surface area contributed by atoms with Gasteiger partial charge >= 0.3 is 0 Å². The van der Waals surface area contributed by atoms with Crippen molar-refractivity contribution in [2.75, 3.05) is 31.1 Å². The molecule has 0 spiro atoms. The molecule has 1 heterocycles. The molecule has 1 amide bonds. The van der Waals surface area contributed by atoms with Crippen LogP contribution in [0.4, 0.5) is 5.69 Å². The summed E-state index contributed by atoms with van der Waals surface area (Å²) >= 11 is 6.02. The largest absolute Gasteiger partial charge is 0.368 e. The molecule has 1 saturated heterocycles. The normalized spacial score (nSPS) is 20.3. The minimum Gasteiger partial charge on any atom is -0.368 e. The van der Waals surface area contributed by atoms with Crippen LogP contribution in [0, 0.1) is 5.92 Å². The van der Waals surface area contributed by atoms with Crippen molar-refractivity contribution in [3.63, 3.8) is 0 Å². The highest BCUT2D eigenvalue weighted by molar-refractivity contribution is 6.30. The summed E-state index contributed by atoms with van der Waals surface area (Å²) in [5, 5.41) is 0.769. The maximum atomic E-state index is 12.2. The summed E-state index contributed by atoms with van der Waals surface area (Å²) in [7, 11) is 0. The molecule has 1 aromatic carbocycles. The van der Waals surface area contributed by atoms with Gasteiger partial charge in [0.2, 0.25) is 5.91 Å². The fraction of sp³-hybridized carbons (Fsp3) is 0.533. The molecule has 0 aromatic heterocycles. The van der Waals surface area contributed by atoms with E-state index in [0.29, 0.717) is 11.8 Å². The fourth-order valence-corrected chi connectivity index (χ4v) is 2.96. The highest BCUT2D eigenvalue weighted by Gasteiger charge is 2.31. The Hall–Kier alpha value is -1.22. The maximum Gasteiger partial charge on any atom is 0.225 e. The lowest BCUT2D eigenvalue weighted by Crippen LogP contribution is -2.51. The Morgan fingerprint density at radius 3 is 2.47 bits per heavy atom. The molecule has 1 aromatic rings. The van der Waals surface area contributed by atoms with Gasteiger partial charge in [-0.1, -0.05) is 24.1 Å². The summed E-state index contributed by atoms with van der Waals surface area (Å²) in [4.78, 5) is 16.5. The van der Waals surface area contributed by atoms with Crippen molar-refractivity contribution in [1.82, 2.24) is 4.90 Å². The second kappa shape index (κ2) is 5.41. The van der Waals surface area contributed by atoms with Gasteiger partial charge in [-0.3, -0.25) is 4.79 Å². The molecule has 4 heteroatoms. The molecule has 0 N–H and O–H groups in total. The van der Waals surface area contributed by atoms with E-state index in [1.165, 1.54) is 6.42 Å². The zero-order chi connectivity index (χ0) is 13.2. The first-order chi connectivity index (χ1) is 9.24. The predicted molar refractivity (Wildman–Crippen MR) is 77.6 cm³/mol. The first kappa shape index (κ1) is 12.8. The van der Waals surface area contributed by atoms with Gasteiger partial charge in [0.25, 0.3) is 0 Å². The number of rotatable bonds is 2. The van der Waals surface area contributed by atoms with E-state index in [1.54, 1.807) is 0 Å². The number of carbonyl (C=O) groups is 1. The van der Waals surface area contributed by atoms with Gasteiger partial charge in [-0.25, -0.2) is 0 Å². The number of halogens is 1. The van der Waals surface area contributed by atoms with Gasteiger partial charge in [-0.15, -0.1) is 0 Å². The number of anilines is 1. The Kier molecular flexibility index (Phi) is 3.65. The fourth-order valence-electron chi connectivity index (χ4n) is 2.77. The van der Waals surface area contributed by atoms with Crippen LogP contribution < -0.4 is 4.90 Å². The van der Waals surface area contributed by atoms with Crippen molar-refractivity contribution in [3.8, 4) is 0 Å². The van der Waals surface area contributed by atoms with Crippen LogP contribution in [-0.2, 0) is 4.79 Å². The van der Waals surface area contributed by atoms with E-state index >= 15 is 0 Å². The summed E-state index contributed by atoms with van der Waals surface area (Å²) < 4.78 is 0. The van der Waals surface area contributed by atoms with Crippen molar-refractivity contribution in [3.05, 3.63) is 29.3 Å². The van der Waals surface area contributed by atoms with Gasteiger partial charge in [0.1, 0.15) is 0 Å². The summed E-state index contributed by atoms with van der Waals surface area (Å²) in [5.74, 6) is 0.690. The molecule has 1 aliphatic carbocycles. The molecule has 0 radical (unpaired) electrons. The number of piperazine rings is 1. The lowest BCUT2D eigenvalue weighted by Gasteiger charge is -2.39. The summed E-state index contributed by atoms with van der Waals surface area (Å²) in [6.45, 7) is 3.47. The highest BCUT2D eigenvalue weighted by atomic mass is 35.5. The van der Waals surface area contributed by atoms with Crippen molar-refractivity contribution < 1.29 is 4.79 Å². The number of amides is 1. The van der Waals surface area contributed by atoms with Crippen LogP contribution in [-0.4, -0.2) is 37.0 Å². The van der Waals surface area contributed by atoms with E-state index < -0.39 is 0 Å². The van der Waals surface area contributed by atoms with Crippen LogP contribution in [0.1, 0.15) is 19.3 Å². The maximum absolute atomic E-state index is 12.2. The monoisotopic (exact) mass is 278 g/mol. The summed E-state index contributed by atoms with van der Waals surface area (Å²) in [5.41, 5.74) is 1.16. The molecule has 3 rings (SSSR count). The second-order valence-corrected chi connectivity index (χ2v) is 5.86. The number of nitrogens with zero attached hydrogens (tertiary/aromatic N) is 2. The Labute approximate surface area is 119 Å². The van der Waals surface area contributed by atoms with Gasteiger partial charge < -0.3 is 9.80 Å². The van der Waals surface area contributed by atoms with Crippen LogP contribution in [0.3, 0.4) is 0 Å². The number of benzene rings is 1. The molecule has 0 bridgehead atoms. The Bertz CT molecular complexity index is 465. The van der Waals surface area contributed by atoms with E-state index in [1.807, 2.05) is 23.1 Å². The molecule has 0 atom stereocenters. The standard InChI is InChI=1S/C15H19ClN2O/c16-13-5-2-6-14(11-13)17-7-9-18(10-8-17)15(19)12-3-1-4-12/h2,5-6,11-12H,1,3-4,7-10H2. The van der Waals surface area contributed by atoms with E-state index in [0.717, 1.165) is 49.7 Å². The Morgan fingerprint density at radius 2 is 1.89 bits per heavy atom. The van der Waals surface area contributed by atoms with E-state index in [2.05, 4.69) is 11.0 Å².